The first kappa shape index (κ1) is 3.71. The van der Waals surface area contributed by atoms with Gasteiger partial charge in [-0.05, 0) is 49.9 Å². The molecule has 0 aliphatic rings. The van der Waals surface area contributed by atoms with Gasteiger partial charge in [0, 0.05) is 36.0 Å². The van der Waals surface area contributed by atoms with Gasteiger partial charge in [0.25, 0.3) is 0 Å². The third-order valence-electron chi connectivity index (χ3n) is 1.96. The van der Waals surface area contributed by atoms with Crippen molar-refractivity contribution in [2.24, 2.45) is 0 Å². The molecule has 0 fully saturated rings. The summed E-state index contributed by atoms with van der Waals surface area (Å²) in [5.74, 6) is 0. The molecule has 76 valence electrons. The molecule has 0 spiro atoms. The first-order chi connectivity index (χ1) is 10.8. The lowest BCUT2D eigenvalue weighted by Crippen LogP contribution is -1.89. The van der Waals surface area contributed by atoms with Crippen LogP contribution >= 0.6 is 0 Å². The van der Waals surface area contributed by atoms with E-state index < -0.39 is 20.6 Å². The van der Waals surface area contributed by atoms with Gasteiger partial charge >= 0.3 is 0 Å². The first-order valence-corrected chi connectivity index (χ1v) is 4.28. The molecule has 2 aromatic heterocycles. The molecule has 0 amide bonds. The maximum absolute atomic E-state index is 7.53. The van der Waals surface area contributed by atoms with E-state index in [4.69, 9.17) is 12.3 Å². The summed E-state index contributed by atoms with van der Waals surface area (Å²) in [5.41, 5.74) is -0.142. The molecule has 0 saturated heterocycles. The van der Waals surface area contributed by atoms with E-state index >= 15 is 0 Å². The number of aryl methyl sites for hydroxylation is 3. The molecule has 0 bridgehead atoms. The Morgan fingerprint density at radius 3 is 2.60 bits per heavy atom. The van der Waals surface area contributed by atoms with Gasteiger partial charge in [-0.2, -0.15) is 0 Å². The second kappa shape index (κ2) is 3.81. The van der Waals surface area contributed by atoms with Crippen LogP contribution in [0, 0.1) is 20.6 Å². The fourth-order valence-corrected chi connectivity index (χ4v) is 1.16. The van der Waals surface area contributed by atoms with Gasteiger partial charge in [-0.25, -0.2) is 0 Å². The SMILES string of the molecule is [2H]C([2H])([2H])c1ccc(-c2cc(C([2H])([2H])[2H])c(C([2H])([2H])[2H])cn2)cn1. The Morgan fingerprint density at radius 1 is 1.00 bits per heavy atom. The molecule has 0 aliphatic carbocycles. The van der Waals surface area contributed by atoms with Gasteiger partial charge in [0.15, 0.2) is 0 Å². The lowest BCUT2D eigenvalue weighted by molar-refractivity contribution is 1.18. The zero-order valence-corrected chi connectivity index (χ0v) is 7.78. The minimum Gasteiger partial charge on any atom is -0.261 e. The van der Waals surface area contributed by atoms with E-state index in [0.29, 0.717) is 5.56 Å². The van der Waals surface area contributed by atoms with Crippen LogP contribution in [-0.2, 0) is 0 Å². The van der Waals surface area contributed by atoms with Gasteiger partial charge < -0.3 is 0 Å². The number of pyridine rings is 2. The van der Waals surface area contributed by atoms with Crippen LogP contribution in [0.1, 0.15) is 29.2 Å². The van der Waals surface area contributed by atoms with Gasteiger partial charge in [0.05, 0.1) is 5.69 Å². The monoisotopic (exact) mass is 207 g/mol. The molecule has 0 N–H and O–H groups in total. The van der Waals surface area contributed by atoms with Crippen LogP contribution in [-0.4, -0.2) is 9.97 Å². The molecule has 2 heteroatoms. The zero-order valence-electron chi connectivity index (χ0n) is 16.8. The molecule has 0 unspecified atom stereocenters. The largest absolute Gasteiger partial charge is 0.261 e. The fraction of sp³-hybridized carbons (Fsp3) is 0.231. The topological polar surface area (TPSA) is 25.8 Å². The number of rotatable bonds is 1. The summed E-state index contributed by atoms with van der Waals surface area (Å²) < 4.78 is 66.7. The summed E-state index contributed by atoms with van der Waals surface area (Å²) in [6.45, 7) is -7.56. The van der Waals surface area contributed by atoms with E-state index in [1.165, 1.54) is 24.4 Å². The highest BCUT2D eigenvalue weighted by atomic mass is 14.7. The summed E-state index contributed by atoms with van der Waals surface area (Å²) >= 11 is 0. The maximum Gasteiger partial charge on any atom is 0.0720 e. The number of aromatic nitrogens is 2. The van der Waals surface area contributed by atoms with Crippen molar-refractivity contribution in [3.05, 3.63) is 47.4 Å². The van der Waals surface area contributed by atoms with Crippen LogP contribution < -0.4 is 0 Å². The van der Waals surface area contributed by atoms with Gasteiger partial charge in [0.1, 0.15) is 0 Å². The van der Waals surface area contributed by atoms with Crippen LogP contribution in [0.2, 0.25) is 0 Å². The summed E-state index contributed by atoms with van der Waals surface area (Å²) in [5, 5.41) is 0. The van der Waals surface area contributed by atoms with Crippen LogP contribution in [0.4, 0.5) is 0 Å². The maximum atomic E-state index is 7.53. The van der Waals surface area contributed by atoms with Crippen LogP contribution in [0.25, 0.3) is 11.3 Å². The van der Waals surface area contributed by atoms with Crippen molar-refractivity contribution >= 4 is 0 Å². The van der Waals surface area contributed by atoms with Gasteiger partial charge in [-0.1, -0.05) is 0 Å². The predicted molar refractivity (Wildman–Crippen MR) is 61.7 cm³/mol. The van der Waals surface area contributed by atoms with Gasteiger partial charge in [-0.15, -0.1) is 0 Å². The molecule has 15 heavy (non-hydrogen) atoms. The Kier molecular flexibility index (Phi) is 0.942. The molecule has 0 aromatic carbocycles. The smallest absolute Gasteiger partial charge is 0.0720 e. The number of hydrogen-bond donors (Lipinski definition) is 0. The van der Waals surface area contributed by atoms with E-state index in [9.17, 15) is 0 Å². The number of nitrogens with zero attached hydrogens (tertiary/aromatic N) is 2. The summed E-state index contributed by atoms with van der Waals surface area (Å²) in [4.78, 5) is 7.83. The standard InChI is InChI=1S/C13H14N2/c1-9-6-13(15-7-10(9)2)12-5-4-11(3)14-8-12/h4-8H,1-3H3/i1D3,2D3,3D3. The van der Waals surface area contributed by atoms with Gasteiger partial charge in [-0.3, -0.25) is 9.97 Å². The highest BCUT2D eigenvalue weighted by Gasteiger charge is 2.01. The normalized spacial score (nSPS) is 21.7. The molecular weight excluding hydrogens is 184 g/mol. The van der Waals surface area contributed by atoms with E-state index in [-0.39, 0.29) is 22.5 Å². The molecule has 0 radical (unpaired) electrons. The average Bonchev–Trinajstić information content (AvgIpc) is 2.44. The van der Waals surface area contributed by atoms with Crippen molar-refractivity contribution < 1.29 is 12.3 Å². The predicted octanol–water partition coefficient (Wildman–Crippen LogP) is 3.07. The Bertz CT molecular complexity index is 727. The lowest BCUT2D eigenvalue weighted by atomic mass is 10.1. The highest BCUT2D eigenvalue weighted by Crippen LogP contribution is 2.18. The van der Waals surface area contributed by atoms with E-state index in [1.807, 2.05) is 0 Å². The Morgan fingerprint density at radius 2 is 1.93 bits per heavy atom. The molecule has 0 aliphatic heterocycles. The Hall–Kier alpha value is -1.70. The quantitative estimate of drug-likeness (QED) is 0.718. The van der Waals surface area contributed by atoms with Crippen molar-refractivity contribution in [1.29, 1.82) is 0 Å². The van der Waals surface area contributed by atoms with Crippen LogP contribution in [0.15, 0.2) is 30.6 Å². The molecule has 2 heterocycles. The zero-order chi connectivity index (χ0) is 18.3. The Labute approximate surface area is 103 Å². The minimum absolute atomic E-state index is 0.0959. The third kappa shape index (κ3) is 2.04. The fourth-order valence-electron chi connectivity index (χ4n) is 1.16. The minimum atomic E-state index is -2.62. The second-order valence-electron chi connectivity index (χ2n) is 3.05. The molecular formula is C13H14N2. The summed E-state index contributed by atoms with van der Waals surface area (Å²) in [6.07, 6.45) is 2.28. The molecule has 2 aromatic rings. The van der Waals surface area contributed by atoms with Crippen molar-refractivity contribution in [3.63, 3.8) is 0 Å². The third-order valence-corrected chi connectivity index (χ3v) is 1.96. The van der Waals surface area contributed by atoms with E-state index in [1.54, 1.807) is 0 Å². The summed E-state index contributed by atoms with van der Waals surface area (Å²) in [7, 11) is 0. The molecule has 0 atom stereocenters. The molecule has 2 nitrogen and oxygen atoms in total. The lowest BCUT2D eigenvalue weighted by Gasteiger charge is -2.04. The van der Waals surface area contributed by atoms with Crippen LogP contribution in [0.3, 0.4) is 0 Å². The Balaban J connectivity index is 2.53. The van der Waals surface area contributed by atoms with Gasteiger partial charge in [0.2, 0.25) is 0 Å². The number of hydrogen-bond acceptors (Lipinski definition) is 2. The van der Waals surface area contributed by atoms with Crippen molar-refractivity contribution in [1.82, 2.24) is 9.97 Å². The highest BCUT2D eigenvalue weighted by molar-refractivity contribution is 5.59. The second-order valence-corrected chi connectivity index (χ2v) is 3.05. The van der Waals surface area contributed by atoms with Crippen molar-refractivity contribution in [2.75, 3.05) is 0 Å². The molecule has 2 rings (SSSR count). The van der Waals surface area contributed by atoms with E-state index in [2.05, 4.69) is 9.97 Å². The molecule has 0 saturated carbocycles. The van der Waals surface area contributed by atoms with Crippen LogP contribution in [0.5, 0.6) is 0 Å². The average molecular weight is 207 g/mol. The van der Waals surface area contributed by atoms with E-state index in [0.717, 1.165) is 6.20 Å². The first-order valence-electron chi connectivity index (χ1n) is 8.78. The summed E-state index contributed by atoms with van der Waals surface area (Å²) in [6, 6.07) is 3.94. The van der Waals surface area contributed by atoms with Crippen molar-refractivity contribution in [2.45, 2.75) is 20.6 Å². The van der Waals surface area contributed by atoms with Crippen molar-refractivity contribution in [3.8, 4) is 11.3 Å².